The number of anilines is 1. The molecule has 2 rings (SSSR count). The zero-order valence-corrected chi connectivity index (χ0v) is 18.6. The Balaban J connectivity index is 2.11. The predicted molar refractivity (Wildman–Crippen MR) is 110 cm³/mol. The first-order valence-corrected chi connectivity index (χ1v) is 10.3. The predicted octanol–water partition coefficient (Wildman–Crippen LogP) is 3.87. The maximum Gasteiger partial charge on any atom is 0.416 e. The topological polar surface area (TPSA) is 71.1 Å². The van der Waals surface area contributed by atoms with Gasteiger partial charge in [0.2, 0.25) is 0 Å². The van der Waals surface area contributed by atoms with Crippen LogP contribution >= 0.6 is 0 Å². The van der Waals surface area contributed by atoms with Gasteiger partial charge in [0.05, 0.1) is 24.4 Å². The number of hydrogen-bond acceptors (Lipinski definition) is 6. The lowest BCUT2D eigenvalue weighted by atomic mass is 10.0. The molecule has 0 spiro atoms. The van der Waals surface area contributed by atoms with Crippen molar-refractivity contribution in [2.75, 3.05) is 44.6 Å². The fourth-order valence-corrected chi connectivity index (χ4v) is 3.25. The van der Waals surface area contributed by atoms with Gasteiger partial charge in [0.25, 0.3) is 0 Å². The van der Waals surface area contributed by atoms with Crippen LogP contribution in [0.15, 0.2) is 12.1 Å². The SMILES string of the molecule is CCOC(=O)CN1CCN(Cc2cc(F)c(NC(=O)OC(C)(C)C)cc2C(F)(F)F)CC1. The standard InChI is InChI=1S/C21H29F4N3O4/c1-5-31-18(29)13-28-8-6-27(7-9-28)12-14-10-16(22)17(11-15(14)21(23,24)25)26-19(30)32-20(2,3)4/h10-11H,5-9,12-13H2,1-4H3,(H,26,30). The quantitative estimate of drug-likeness (QED) is 0.510. The van der Waals surface area contributed by atoms with E-state index in [4.69, 9.17) is 9.47 Å². The van der Waals surface area contributed by atoms with E-state index in [1.165, 1.54) is 0 Å². The lowest BCUT2D eigenvalue weighted by Crippen LogP contribution is -2.47. The molecular weight excluding hydrogens is 434 g/mol. The Morgan fingerprint density at radius 2 is 1.66 bits per heavy atom. The molecule has 0 saturated carbocycles. The summed E-state index contributed by atoms with van der Waals surface area (Å²) in [5, 5.41) is 2.04. The minimum Gasteiger partial charge on any atom is -0.465 e. The molecular formula is C21H29F4N3O4. The van der Waals surface area contributed by atoms with Crippen molar-refractivity contribution in [3.63, 3.8) is 0 Å². The molecule has 0 aliphatic carbocycles. The van der Waals surface area contributed by atoms with Crippen LogP contribution in [0, 0.1) is 5.82 Å². The van der Waals surface area contributed by atoms with Crippen molar-refractivity contribution < 1.29 is 36.6 Å². The van der Waals surface area contributed by atoms with Gasteiger partial charge in [0.1, 0.15) is 11.4 Å². The first-order chi connectivity index (χ1) is 14.8. The van der Waals surface area contributed by atoms with Crippen LogP contribution in [-0.2, 0) is 27.0 Å². The van der Waals surface area contributed by atoms with Crippen molar-refractivity contribution in [1.29, 1.82) is 0 Å². The number of benzene rings is 1. The second kappa shape index (κ2) is 10.5. The number of halogens is 4. The first kappa shape index (κ1) is 25.9. The summed E-state index contributed by atoms with van der Waals surface area (Å²) in [6.07, 6.45) is -5.78. The van der Waals surface area contributed by atoms with Gasteiger partial charge in [0.15, 0.2) is 0 Å². The summed E-state index contributed by atoms with van der Waals surface area (Å²) in [6.45, 7) is 8.51. The zero-order chi connectivity index (χ0) is 24.1. The molecule has 1 amide bonds. The van der Waals surface area contributed by atoms with Gasteiger partial charge in [-0.2, -0.15) is 13.2 Å². The van der Waals surface area contributed by atoms with Crippen LogP contribution in [-0.4, -0.2) is 66.8 Å². The lowest BCUT2D eigenvalue weighted by molar-refractivity contribution is -0.145. The number of ether oxygens (including phenoxy) is 2. The molecule has 1 heterocycles. The molecule has 1 aromatic carbocycles. The van der Waals surface area contributed by atoms with Crippen molar-refractivity contribution in [3.8, 4) is 0 Å². The van der Waals surface area contributed by atoms with E-state index < -0.39 is 34.9 Å². The number of carbonyl (C=O) groups excluding carboxylic acids is 2. The van der Waals surface area contributed by atoms with E-state index in [0.717, 1.165) is 6.07 Å². The Morgan fingerprint density at radius 1 is 1.06 bits per heavy atom. The summed E-state index contributed by atoms with van der Waals surface area (Å²) >= 11 is 0. The van der Waals surface area contributed by atoms with E-state index in [-0.39, 0.29) is 31.2 Å². The molecule has 11 heteroatoms. The zero-order valence-electron chi connectivity index (χ0n) is 18.6. The number of nitrogens with one attached hydrogen (secondary N) is 1. The number of nitrogens with zero attached hydrogens (tertiary/aromatic N) is 2. The Morgan fingerprint density at radius 3 is 2.19 bits per heavy atom. The van der Waals surface area contributed by atoms with Crippen molar-refractivity contribution in [2.24, 2.45) is 0 Å². The van der Waals surface area contributed by atoms with E-state index in [1.807, 2.05) is 10.2 Å². The highest BCUT2D eigenvalue weighted by Crippen LogP contribution is 2.36. The molecule has 0 unspecified atom stereocenters. The van der Waals surface area contributed by atoms with Crippen LogP contribution < -0.4 is 5.32 Å². The minimum absolute atomic E-state index is 0.119. The third-order valence-electron chi connectivity index (χ3n) is 4.65. The molecule has 1 saturated heterocycles. The van der Waals surface area contributed by atoms with Gasteiger partial charge in [-0.05, 0) is 45.4 Å². The number of piperazine rings is 1. The van der Waals surface area contributed by atoms with E-state index in [0.29, 0.717) is 32.2 Å². The summed E-state index contributed by atoms with van der Waals surface area (Å²) in [5.41, 5.74) is -2.75. The van der Waals surface area contributed by atoms with Gasteiger partial charge in [-0.15, -0.1) is 0 Å². The summed E-state index contributed by atoms with van der Waals surface area (Å²) < 4.78 is 65.4. The first-order valence-electron chi connectivity index (χ1n) is 10.3. The fourth-order valence-electron chi connectivity index (χ4n) is 3.25. The van der Waals surface area contributed by atoms with E-state index in [2.05, 4.69) is 0 Å². The smallest absolute Gasteiger partial charge is 0.416 e. The molecule has 0 bridgehead atoms. The molecule has 1 N–H and O–H groups in total. The molecule has 180 valence electrons. The third kappa shape index (κ3) is 7.94. The van der Waals surface area contributed by atoms with E-state index in [1.54, 1.807) is 32.6 Å². The number of alkyl halides is 3. The number of amides is 1. The van der Waals surface area contributed by atoms with Crippen LogP contribution in [0.4, 0.5) is 28.0 Å². The molecule has 1 aliphatic rings. The van der Waals surface area contributed by atoms with E-state index >= 15 is 0 Å². The molecule has 1 fully saturated rings. The highest BCUT2D eigenvalue weighted by molar-refractivity contribution is 5.85. The second-order valence-corrected chi connectivity index (χ2v) is 8.47. The van der Waals surface area contributed by atoms with Crippen molar-refractivity contribution in [1.82, 2.24) is 9.80 Å². The average molecular weight is 463 g/mol. The normalized spacial score (nSPS) is 16.0. The highest BCUT2D eigenvalue weighted by atomic mass is 19.4. The van der Waals surface area contributed by atoms with Gasteiger partial charge >= 0.3 is 18.2 Å². The Labute approximate surface area is 184 Å². The second-order valence-electron chi connectivity index (χ2n) is 8.47. The van der Waals surface area contributed by atoms with Crippen LogP contribution in [0.3, 0.4) is 0 Å². The lowest BCUT2D eigenvalue weighted by Gasteiger charge is -2.34. The molecule has 0 radical (unpaired) electrons. The van der Waals surface area contributed by atoms with Crippen molar-refractivity contribution >= 4 is 17.7 Å². The summed E-state index contributed by atoms with van der Waals surface area (Å²) in [4.78, 5) is 27.1. The average Bonchev–Trinajstić information content (AvgIpc) is 2.63. The minimum atomic E-state index is -4.74. The summed E-state index contributed by atoms with van der Waals surface area (Å²) in [6, 6.07) is 1.38. The Bertz CT molecular complexity index is 816. The molecule has 1 aliphatic heterocycles. The molecule has 32 heavy (non-hydrogen) atoms. The van der Waals surface area contributed by atoms with Gasteiger partial charge in [-0.1, -0.05) is 0 Å². The van der Waals surface area contributed by atoms with Crippen LogP contribution in [0.5, 0.6) is 0 Å². The fraction of sp³-hybridized carbons (Fsp3) is 0.619. The summed E-state index contributed by atoms with van der Waals surface area (Å²) in [5.74, 6) is -1.34. The van der Waals surface area contributed by atoms with Gasteiger partial charge < -0.3 is 9.47 Å². The monoisotopic (exact) mass is 463 g/mol. The Kier molecular flexibility index (Phi) is 8.47. The van der Waals surface area contributed by atoms with Crippen molar-refractivity contribution in [2.45, 2.75) is 46.0 Å². The van der Waals surface area contributed by atoms with Crippen molar-refractivity contribution in [3.05, 3.63) is 29.1 Å². The molecule has 0 atom stereocenters. The van der Waals surface area contributed by atoms with Gasteiger partial charge in [-0.3, -0.25) is 19.9 Å². The number of hydrogen-bond donors (Lipinski definition) is 1. The number of rotatable bonds is 6. The molecule has 7 nitrogen and oxygen atoms in total. The van der Waals surface area contributed by atoms with Crippen LogP contribution in [0.2, 0.25) is 0 Å². The number of carbonyl (C=O) groups is 2. The third-order valence-corrected chi connectivity index (χ3v) is 4.65. The maximum absolute atomic E-state index is 14.5. The summed E-state index contributed by atoms with van der Waals surface area (Å²) in [7, 11) is 0. The highest BCUT2D eigenvalue weighted by Gasteiger charge is 2.35. The largest absolute Gasteiger partial charge is 0.465 e. The van der Waals surface area contributed by atoms with E-state index in [9.17, 15) is 27.2 Å². The molecule has 0 aromatic heterocycles. The number of esters is 1. The van der Waals surface area contributed by atoms with Gasteiger partial charge in [0, 0.05) is 32.7 Å². The Hall–Kier alpha value is -2.40. The maximum atomic E-state index is 14.5. The van der Waals surface area contributed by atoms with Gasteiger partial charge in [-0.25, -0.2) is 9.18 Å². The van der Waals surface area contributed by atoms with Crippen LogP contribution in [0.25, 0.3) is 0 Å². The molecule has 1 aromatic rings. The van der Waals surface area contributed by atoms with Crippen LogP contribution in [0.1, 0.15) is 38.8 Å².